The molecule has 0 aliphatic heterocycles. The summed E-state index contributed by atoms with van der Waals surface area (Å²) < 4.78 is 5.07. The van der Waals surface area contributed by atoms with Gasteiger partial charge in [0.2, 0.25) is 11.6 Å². The standard InChI is InChI=1S/C19H12N2O4/c1-25-11-8-6-10(7-9-11)17(22)15-14-16(21-20-15)19(24)13-5-3-2-4-12(13)18(14)23/h2-9H,1H3,(H,20,21). The van der Waals surface area contributed by atoms with E-state index in [9.17, 15) is 14.4 Å². The number of aromatic nitrogens is 2. The van der Waals surface area contributed by atoms with Gasteiger partial charge >= 0.3 is 0 Å². The fraction of sp³-hybridized carbons (Fsp3) is 0.0526. The molecule has 0 atom stereocenters. The minimum Gasteiger partial charge on any atom is -0.497 e. The van der Waals surface area contributed by atoms with Crippen molar-refractivity contribution in [2.75, 3.05) is 7.11 Å². The normalized spacial score (nSPS) is 12.5. The molecule has 6 nitrogen and oxygen atoms in total. The molecule has 0 bridgehead atoms. The third-order valence-electron chi connectivity index (χ3n) is 4.20. The summed E-state index contributed by atoms with van der Waals surface area (Å²) in [5.41, 5.74) is 0.990. The molecule has 1 aliphatic carbocycles. The summed E-state index contributed by atoms with van der Waals surface area (Å²) in [6.45, 7) is 0. The van der Waals surface area contributed by atoms with Crippen molar-refractivity contribution in [1.82, 2.24) is 10.2 Å². The van der Waals surface area contributed by atoms with Gasteiger partial charge in [0.25, 0.3) is 0 Å². The average molecular weight is 332 g/mol. The maximum Gasteiger partial charge on any atom is 0.214 e. The monoisotopic (exact) mass is 332 g/mol. The van der Waals surface area contributed by atoms with E-state index in [1.807, 2.05) is 0 Å². The third kappa shape index (κ3) is 2.19. The van der Waals surface area contributed by atoms with Crippen LogP contribution < -0.4 is 4.74 Å². The van der Waals surface area contributed by atoms with E-state index in [0.29, 0.717) is 16.9 Å². The van der Waals surface area contributed by atoms with E-state index in [0.717, 1.165) is 0 Å². The van der Waals surface area contributed by atoms with Crippen LogP contribution in [0, 0.1) is 0 Å². The number of carbonyl (C=O) groups is 3. The van der Waals surface area contributed by atoms with Crippen LogP contribution in [0.2, 0.25) is 0 Å². The molecule has 0 saturated carbocycles. The molecule has 2 aromatic carbocycles. The number of carbonyl (C=O) groups excluding carboxylic acids is 3. The molecule has 122 valence electrons. The zero-order valence-corrected chi connectivity index (χ0v) is 13.2. The van der Waals surface area contributed by atoms with Crippen molar-refractivity contribution in [2.45, 2.75) is 0 Å². The highest BCUT2D eigenvalue weighted by atomic mass is 16.5. The lowest BCUT2D eigenvalue weighted by Crippen LogP contribution is -2.22. The summed E-state index contributed by atoms with van der Waals surface area (Å²) in [5.74, 6) is -0.536. The Morgan fingerprint density at radius 3 is 2.24 bits per heavy atom. The maximum absolute atomic E-state index is 12.8. The predicted molar refractivity (Wildman–Crippen MR) is 88.3 cm³/mol. The first-order valence-corrected chi connectivity index (χ1v) is 7.57. The highest BCUT2D eigenvalue weighted by Crippen LogP contribution is 2.29. The number of aromatic amines is 1. The van der Waals surface area contributed by atoms with Gasteiger partial charge in [-0.25, -0.2) is 0 Å². The van der Waals surface area contributed by atoms with Crippen LogP contribution in [0.25, 0.3) is 0 Å². The molecule has 0 amide bonds. The second-order valence-electron chi connectivity index (χ2n) is 5.58. The predicted octanol–water partition coefficient (Wildman–Crippen LogP) is 2.42. The van der Waals surface area contributed by atoms with Crippen LogP contribution in [0.4, 0.5) is 0 Å². The van der Waals surface area contributed by atoms with E-state index < -0.39 is 5.78 Å². The number of nitrogens with one attached hydrogen (secondary N) is 1. The first-order valence-electron chi connectivity index (χ1n) is 7.57. The van der Waals surface area contributed by atoms with Crippen molar-refractivity contribution < 1.29 is 19.1 Å². The fourth-order valence-corrected chi connectivity index (χ4v) is 2.92. The third-order valence-corrected chi connectivity index (χ3v) is 4.20. The fourth-order valence-electron chi connectivity index (χ4n) is 2.92. The number of nitrogens with zero attached hydrogens (tertiary/aromatic N) is 1. The minimum atomic E-state index is -0.406. The van der Waals surface area contributed by atoms with Crippen LogP contribution in [-0.2, 0) is 0 Å². The Kier molecular flexibility index (Phi) is 3.32. The molecule has 0 unspecified atom stereocenters. The first-order chi connectivity index (χ1) is 12.1. The highest BCUT2D eigenvalue weighted by molar-refractivity contribution is 6.31. The van der Waals surface area contributed by atoms with Gasteiger partial charge in [-0.3, -0.25) is 19.5 Å². The topological polar surface area (TPSA) is 89.1 Å². The van der Waals surface area contributed by atoms with Crippen LogP contribution in [0.3, 0.4) is 0 Å². The lowest BCUT2D eigenvalue weighted by atomic mass is 9.86. The lowest BCUT2D eigenvalue weighted by molar-refractivity contribution is 0.0971. The Labute approximate surface area is 142 Å². The van der Waals surface area contributed by atoms with E-state index in [1.54, 1.807) is 48.5 Å². The number of rotatable bonds is 3. The van der Waals surface area contributed by atoms with E-state index >= 15 is 0 Å². The molecule has 1 aromatic heterocycles. The Hall–Kier alpha value is -3.54. The summed E-state index contributed by atoms with van der Waals surface area (Å²) in [6, 6.07) is 13.0. The molecule has 0 saturated heterocycles. The minimum absolute atomic E-state index is 0.0134. The number of hydrogen-bond acceptors (Lipinski definition) is 5. The van der Waals surface area contributed by atoms with Crippen molar-refractivity contribution in [3.05, 3.63) is 82.2 Å². The molecule has 1 N–H and O–H groups in total. The van der Waals surface area contributed by atoms with Gasteiger partial charge < -0.3 is 4.74 Å². The zero-order valence-electron chi connectivity index (χ0n) is 13.2. The summed E-state index contributed by atoms with van der Waals surface area (Å²) in [7, 11) is 1.53. The first kappa shape index (κ1) is 15.0. The molecule has 4 rings (SSSR count). The number of fused-ring (bicyclic) bond motifs is 2. The Morgan fingerprint density at radius 2 is 1.60 bits per heavy atom. The number of hydrogen-bond donors (Lipinski definition) is 1. The van der Waals surface area contributed by atoms with Gasteiger partial charge in [0, 0.05) is 16.7 Å². The number of H-pyrrole nitrogens is 1. The summed E-state index contributed by atoms with van der Waals surface area (Å²) in [5, 5.41) is 6.49. The SMILES string of the molecule is COc1ccc(C(=O)c2[nH]nc3c2C(=O)c2ccccc2C3=O)cc1. The zero-order chi connectivity index (χ0) is 17.6. The number of ketones is 3. The van der Waals surface area contributed by atoms with Crippen LogP contribution in [0.1, 0.15) is 48.0 Å². The molecule has 0 radical (unpaired) electrons. The molecular weight excluding hydrogens is 320 g/mol. The smallest absolute Gasteiger partial charge is 0.214 e. The van der Waals surface area contributed by atoms with E-state index in [2.05, 4.69) is 10.2 Å². The van der Waals surface area contributed by atoms with Crippen molar-refractivity contribution in [3.63, 3.8) is 0 Å². The molecule has 1 heterocycles. The second-order valence-corrected chi connectivity index (χ2v) is 5.58. The summed E-state index contributed by atoms with van der Waals surface area (Å²) in [4.78, 5) is 38.1. The van der Waals surface area contributed by atoms with Gasteiger partial charge in [-0.05, 0) is 24.3 Å². The quantitative estimate of drug-likeness (QED) is 0.582. The number of ether oxygens (including phenoxy) is 1. The van der Waals surface area contributed by atoms with Crippen LogP contribution >= 0.6 is 0 Å². The van der Waals surface area contributed by atoms with Gasteiger partial charge in [-0.1, -0.05) is 24.3 Å². The van der Waals surface area contributed by atoms with Gasteiger partial charge in [0.1, 0.15) is 17.1 Å². The van der Waals surface area contributed by atoms with E-state index in [-0.39, 0.29) is 34.1 Å². The lowest BCUT2D eigenvalue weighted by Gasteiger charge is -2.13. The summed E-state index contributed by atoms with van der Waals surface area (Å²) >= 11 is 0. The van der Waals surface area contributed by atoms with E-state index in [1.165, 1.54) is 7.11 Å². The second kappa shape index (κ2) is 5.52. The van der Waals surface area contributed by atoms with Crippen molar-refractivity contribution in [2.24, 2.45) is 0 Å². The summed E-state index contributed by atoms with van der Waals surface area (Å²) in [6.07, 6.45) is 0. The molecule has 3 aromatic rings. The van der Waals surface area contributed by atoms with Crippen molar-refractivity contribution >= 4 is 17.3 Å². The molecule has 0 spiro atoms. The Bertz CT molecular complexity index is 1030. The van der Waals surface area contributed by atoms with Gasteiger partial charge in [-0.15, -0.1) is 0 Å². The number of benzene rings is 2. The van der Waals surface area contributed by atoms with Crippen molar-refractivity contribution in [1.29, 1.82) is 0 Å². The highest BCUT2D eigenvalue weighted by Gasteiger charge is 2.36. The Morgan fingerprint density at radius 1 is 0.960 bits per heavy atom. The van der Waals surface area contributed by atoms with Crippen LogP contribution in [0.5, 0.6) is 5.75 Å². The molecule has 6 heteroatoms. The van der Waals surface area contributed by atoms with Crippen LogP contribution in [0.15, 0.2) is 48.5 Å². The average Bonchev–Trinajstić information content (AvgIpc) is 3.11. The molecular formula is C19H12N2O4. The van der Waals surface area contributed by atoms with Crippen LogP contribution in [-0.4, -0.2) is 34.7 Å². The van der Waals surface area contributed by atoms with E-state index in [4.69, 9.17) is 4.74 Å². The van der Waals surface area contributed by atoms with Gasteiger partial charge in [0.15, 0.2) is 5.78 Å². The molecule has 0 fully saturated rings. The Balaban J connectivity index is 1.81. The molecule has 25 heavy (non-hydrogen) atoms. The number of methoxy groups -OCH3 is 1. The largest absolute Gasteiger partial charge is 0.497 e. The molecule has 1 aliphatic rings. The maximum atomic E-state index is 12.8. The van der Waals surface area contributed by atoms with Gasteiger partial charge in [0.05, 0.1) is 12.7 Å². The van der Waals surface area contributed by atoms with Crippen molar-refractivity contribution in [3.8, 4) is 5.75 Å². The van der Waals surface area contributed by atoms with Gasteiger partial charge in [-0.2, -0.15) is 5.10 Å².